The standard InChI is InChI=1S/C15H20O/c1-5-12-8-13(6-2)10-14(9-12)15(16)7-11(3)4/h7-10H,5-6H2,1-4H3. The van der Waals surface area contributed by atoms with Crippen molar-refractivity contribution in [2.75, 3.05) is 0 Å². The predicted molar refractivity (Wildman–Crippen MR) is 69.0 cm³/mol. The largest absolute Gasteiger partial charge is 0.289 e. The number of aryl methyl sites for hydroxylation is 2. The molecule has 0 aliphatic heterocycles. The number of carbonyl (C=O) groups is 1. The summed E-state index contributed by atoms with van der Waals surface area (Å²) in [7, 11) is 0. The second kappa shape index (κ2) is 5.64. The first-order valence-corrected chi connectivity index (χ1v) is 5.88. The second-order valence-corrected chi connectivity index (χ2v) is 4.33. The van der Waals surface area contributed by atoms with E-state index < -0.39 is 0 Å². The Balaban J connectivity index is 3.13. The van der Waals surface area contributed by atoms with Crippen LogP contribution in [0.4, 0.5) is 0 Å². The van der Waals surface area contributed by atoms with Crippen molar-refractivity contribution >= 4 is 5.78 Å². The molecule has 1 rings (SSSR count). The van der Waals surface area contributed by atoms with E-state index in [1.807, 2.05) is 26.0 Å². The molecule has 1 nitrogen and oxygen atoms in total. The van der Waals surface area contributed by atoms with Crippen LogP contribution in [0.25, 0.3) is 0 Å². The van der Waals surface area contributed by atoms with E-state index in [9.17, 15) is 4.79 Å². The van der Waals surface area contributed by atoms with E-state index in [1.165, 1.54) is 11.1 Å². The molecule has 1 aromatic rings. The molecule has 0 radical (unpaired) electrons. The summed E-state index contributed by atoms with van der Waals surface area (Å²) >= 11 is 0. The Hall–Kier alpha value is -1.37. The van der Waals surface area contributed by atoms with Crippen molar-refractivity contribution in [3.8, 4) is 0 Å². The van der Waals surface area contributed by atoms with Crippen molar-refractivity contribution < 1.29 is 4.79 Å². The molecule has 0 atom stereocenters. The zero-order valence-corrected chi connectivity index (χ0v) is 10.6. The van der Waals surface area contributed by atoms with Crippen molar-refractivity contribution in [2.45, 2.75) is 40.5 Å². The number of carbonyl (C=O) groups excluding carboxylic acids is 1. The van der Waals surface area contributed by atoms with Crippen molar-refractivity contribution in [1.82, 2.24) is 0 Å². The first-order chi connectivity index (χ1) is 7.56. The summed E-state index contributed by atoms with van der Waals surface area (Å²) in [6.07, 6.45) is 3.65. The number of hydrogen-bond donors (Lipinski definition) is 0. The molecule has 0 aromatic heterocycles. The zero-order valence-electron chi connectivity index (χ0n) is 10.6. The fourth-order valence-corrected chi connectivity index (χ4v) is 1.66. The lowest BCUT2D eigenvalue weighted by Crippen LogP contribution is -1.99. The molecular weight excluding hydrogens is 196 g/mol. The monoisotopic (exact) mass is 216 g/mol. The Bertz CT molecular complexity index is 387. The summed E-state index contributed by atoms with van der Waals surface area (Å²) in [5.74, 6) is 0.116. The molecule has 0 saturated heterocycles. The first-order valence-electron chi connectivity index (χ1n) is 5.88. The number of ketones is 1. The topological polar surface area (TPSA) is 17.1 Å². The molecule has 86 valence electrons. The fraction of sp³-hybridized carbons (Fsp3) is 0.400. The van der Waals surface area contributed by atoms with Crippen molar-refractivity contribution in [3.63, 3.8) is 0 Å². The van der Waals surface area contributed by atoms with Crippen LogP contribution in [0.15, 0.2) is 29.8 Å². The average molecular weight is 216 g/mol. The van der Waals surface area contributed by atoms with Crippen LogP contribution >= 0.6 is 0 Å². The van der Waals surface area contributed by atoms with E-state index in [0.717, 1.165) is 24.0 Å². The van der Waals surface area contributed by atoms with Crippen molar-refractivity contribution in [1.29, 1.82) is 0 Å². The number of allylic oxidation sites excluding steroid dienone is 2. The summed E-state index contributed by atoms with van der Waals surface area (Å²) in [4.78, 5) is 11.9. The Kier molecular flexibility index (Phi) is 4.48. The van der Waals surface area contributed by atoms with Gasteiger partial charge in [-0.2, -0.15) is 0 Å². The Labute approximate surface area is 98.2 Å². The molecule has 0 unspecified atom stereocenters. The highest BCUT2D eigenvalue weighted by Gasteiger charge is 2.05. The van der Waals surface area contributed by atoms with E-state index in [0.29, 0.717) is 0 Å². The minimum atomic E-state index is 0.116. The van der Waals surface area contributed by atoms with Crippen LogP contribution < -0.4 is 0 Å². The molecule has 0 aliphatic rings. The van der Waals surface area contributed by atoms with E-state index in [1.54, 1.807) is 6.08 Å². The lowest BCUT2D eigenvalue weighted by atomic mass is 9.99. The highest BCUT2D eigenvalue weighted by Crippen LogP contribution is 2.13. The van der Waals surface area contributed by atoms with Gasteiger partial charge in [-0.1, -0.05) is 25.5 Å². The van der Waals surface area contributed by atoms with Crippen LogP contribution in [0, 0.1) is 0 Å². The SMILES string of the molecule is CCc1cc(CC)cc(C(=O)C=C(C)C)c1. The quantitative estimate of drug-likeness (QED) is 0.550. The van der Waals surface area contributed by atoms with Gasteiger partial charge in [0.25, 0.3) is 0 Å². The smallest absolute Gasteiger partial charge is 0.185 e. The lowest BCUT2D eigenvalue weighted by molar-refractivity contribution is 0.104. The molecule has 0 bridgehead atoms. The number of rotatable bonds is 4. The van der Waals surface area contributed by atoms with Crippen LogP contribution in [0.3, 0.4) is 0 Å². The molecule has 0 fully saturated rings. The molecule has 0 N–H and O–H groups in total. The van der Waals surface area contributed by atoms with Crippen molar-refractivity contribution in [2.24, 2.45) is 0 Å². The summed E-state index contributed by atoms with van der Waals surface area (Å²) in [6, 6.07) is 6.18. The van der Waals surface area contributed by atoms with E-state index in [2.05, 4.69) is 19.9 Å². The van der Waals surface area contributed by atoms with Gasteiger partial charge in [0.15, 0.2) is 5.78 Å². The summed E-state index contributed by atoms with van der Waals surface area (Å²) in [5, 5.41) is 0. The third-order valence-corrected chi connectivity index (χ3v) is 2.57. The van der Waals surface area contributed by atoms with Gasteiger partial charge in [-0.05, 0) is 56.0 Å². The van der Waals surface area contributed by atoms with Crippen molar-refractivity contribution in [3.05, 3.63) is 46.5 Å². The van der Waals surface area contributed by atoms with Crippen LogP contribution in [0.1, 0.15) is 49.2 Å². The maximum Gasteiger partial charge on any atom is 0.185 e. The van der Waals surface area contributed by atoms with E-state index in [-0.39, 0.29) is 5.78 Å². The van der Waals surface area contributed by atoms with Gasteiger partial charge in [-0.25, -0.2) is 0 Å². The molecular formula is C15H20O. The summed E-state index contributed by atoms with van der Waals surface area (Å²) in [6.45, 7) is 8.12. The normalized spacial score (nSPS) is 10.0. The van der Waals surface area contributed by atoms with Crippen LogP contribution in [0.5, 0.6) is 0 Å². The van der Waals surface area contributed by atoms with E-state index >= 15 is 0 Å². The number of hydrogen-bond acceptors (Lipinski definition) is 1. The minimum absolute atomic E-state index is 0.116. The van der Waals surface area contributed by atoms with Gasteiger partial charge < -0.3 is 0 Å². The van der Waals surface area contributed by atoms with Crippen LogP contribution in [-0.4, -0.2) is 5.78 Å². The molecule has 16 heavy (non-hydrogen) atoms. The van der Waals surface area contributed by atoms with Gasteiger partial charge in [-0.15, -0.1) is 0 Å². The Morgan fingerprint density at radius 2 is 1.56 bits per heavy atom. The van der Waals surface area contributed by atoms with Gasteiger partial charge in [0.2, 0.25) is 0 Å². The van der Waals surface area contributed by atoms with Crippen LogP contribution in [0.2, 0.25) is 0 Å². The molecule has 0 heterocycles. The minimum Gasteiger partial charge on any atom is -0.289 e. The van der Waals surface area contributed by atoms with Gasteiger partial charge >= 0.3 is 0 Å². The van der Waals surface area contributed by atoms with E-state index in [4.69, 9.17) is 0 Å². The van der Waals surface area contributed by atoms with Gasteiger partial charge in [0.05, 0.1) is 0 Å². The second-order valence-electron chi connectivity index (χ2n) is 4.33. The fourth-order valence-electron chi connectivity index (χ4n) is 1.66. The maximum atomic E-state index is 11.9. The molecule has 1 aromatic carbocycles. The molecule has 0 aliphatic carbocycles. The van der Waals surface area contributed by atoms with Gasteiger partial charge in [-0.3, -0.25) is 4.79 Å². The third-order valence-electron chi connectivity index (χ3n) is 2.57. The Morgan fingerprint density at radius 1 is 1.06 bits per heavy atom. The number of benzene rings is 1. The maximum absolute atomic E-state index is 11.9. The summed E-state index contributed by atoms with van der Waals surface area (Å²) < 4.78 is 0. The Morgan fingerprint density at radius 3 is 1.94 bits per heavy atom. The van der Waals surface area contributed by atoms with Crippen LogP contribution in [-0.2, 0) is 12.8 Å². The van der Waals surface area contributed by atoms with Gasteiger partial charge in [0, 0.05) is 5.56 Å². The first kappa shape index (κ1) is 12.7. The summed E-state index contributed by atoms with van der Waals surface area (Å²) in [5.41, 5.74) is 4.34. The zero-order chi connectivity index (χ0) is 12.1. The molecule has 1 heteroatoms. The molecule has 0 spiro atoms. The molecule has 0 amide bonds. The highest BCUT2D eigenvalue weighted by molar-refractivity contribution is 6.05. The third kappa shape index (κ3) is 3.34. The average Bonchev–Trinajstić information content (AvgIpc) is 2.27. The highest BCUT2D eigenvalue weighted by atomic mass is 16.1. The lowest BCUT2D eigenvalue weighted by Gasteiger charge is -2.05. The van der Waals surface area contributed by atoms with Gasteiger partial charge in [0.1, 0.15) is 0 Å². The molecule has 0 saturated carbocycles. The predicted octanol–water partition coefficient (Wildman–Crippen LogP) is 3.96.